The van der Waals surface area contributed by atoms with Gasteiger partial charge in [0.15, 0.2) is 12.1 Å². The molecule has 13 heavy (non-hydrogen) atoms. The van der Waals surface area contributed by atoms with Gasteiger partial charge in [0.25, 0.3) is 0 Å². The molecule has 0 heterocycles. The number of aliphatic imine (C=N–C) groups is 2. The number of hydrogen-bond acceptors (Lipinski definition) is 3. The minimum Gasteiger partial charge on any atom is -0.458 e. The molecule has 0 aromatic heterocycles. The van der Waals surface area contributed by atoms with Crippen LogP contribution in [0.5, 0.6) is 0 Å². The molecule has 0 saturated carbocycles. The molecule has 0 aliphatic heterocycles. The van der Waals surface area contributed by atoms with Crippen LogP contribution in [0.15, 0.2) is 9.98 Å². The largest absolute Gasteiger partial charge is 0.458 e. The predicted molar refractivity (Wildman–Crippen MR) is 56.4 cm³/mol. The summed E-state index contributed by atoms with van der Waals surface area (Å²) in [6.45, 7) is 8.39. The zero-order valence-corrected chi connectivity index (χ0v) is 9.09. The second kappa shape index (κ2) is 6.46. The van der Waals surface area contributed by atoms with Gasteiger partial charge in [-0.15, -0.1) is 0 Å². The highest BCUT2D eigenvalue weighted by Crippen LogP contribution is 1.89. The number of rotatable bonds is 3. The first-order valence-corrected chi connectivity index (χ1v) is 4.47. The highest BCUT2D eigenvalue weighted by Gasteiger charge is 2.02. The molecular formula is C9H19N3O. The van der Waals surface area contributed by atoms with Crippen LogP contribution in [0.2, 0.25) is 0 Å². The van der Waals surface area contributed by atoms with E-state index in [2.05, 4.69) is 15.3 Å². The molecule has 0 saturated heterocycles. The second-order valence-electron chi connectivity index (χ2n) is 2.71. The van der Waals surface area contributed by atoms with Gasteiger partial charge in [-0.25, -0.2) is 0 Å². The summed E-state index contributed by atoms with van der Waals surface area (Å²) in [5.74, 6) is 1.56. The van der Waals surface area contributed by atoms with Crippen LogP contribution >= 0.6 is 0 Å². The lowest BCUT2D eigenvalue weighted by atomic mass is 10.5. The predicted octanol–water partition coefficient (Wildman–Crippen LogP) is 1.43. The third-order valence-corrected chi connectivity index (χ3v) is 1.48. The summed E-state index contributed by atoms with van der Waals surface area (Å²) >= 11 is 0. The zero-order chi connectivity index (χ0) is 10.3. The summed E-state index contributed by atoms with van der Waals surface area (Å²) in [4.78, 5) is 8.08. The van der Waals surface area contributed by atoms with E-state index in [4.69, 9.17) is 4.74 Å². The van der Waals surface area contributed by atoms with E-state index in [1.54, 1.807) is 7.05 Å². The van der Waals surface area contributed by atoms with Crippen molar-refractivity contribution in [2.45, 2.75) is 33.9 Å². The van der Waals surface area contributed by atoms with Crippen molar-refractivity contribution in [1.29, 1.82) is 0 Å². The van der Waals surface area contributed by atoms with Gasteiger partial charge in [0.1, 0.15) is 0 Å². The fourth-order valence-corrected chi connectivity index (χ4v) is 0.904. The van der Waals surface area contributed by atoms with Gasteiger partial charge in [-0.3, -0.25) is 9.98 Å². The maximum atomic E-state index is 5.42. The minimum absolute atomic E-state index is 0.0843. The third kappa shape index (κ3) is 6.13. The number of nitrogens with one attached hydrogen (secondary N) is 1. The van der Waals surface area contributed by atoms with Crippen molar-refractivity contribution in [3.63, 3.8) is 0 Å². The minimum atomic E-state index is -0.0843. The van der Waals surface area contributed by atoms with E-state index in [1.165, 1.54) is 0 Å². The lowest BCUT2D eigenvalue weighted by Crippen LogP contribution is -2.34. The quantitative estimate of drug-likeness (QED) is 0.410. The first-order chi connectivity index (χ1) is 6.10. The van der Waals surface area contributed by atoms with Crippen LogP contribution in [0, 0.1) is 0 Å². The molecule has 0 rings (SSSR count). The fourth-order valence-electron chi connectivity index (χ4n) is 0.904. The Kier molecular flexibility index (Phi) is 5.93. The molecule has 1 unspecified atom stereocenters. The highest BCUT2D eigenvalue weighted by molar-refractivity contribution is 5.80. The molecule has 4 nitrogen and oxygen atoms in total. The number of ether oxygens (including phenoxy) is 1. The van der Waals surface area contributed by atoms with Gasteiger partial charge >= 0.3 is 0 Å². The first-order valence-electron chi connectivity index (χ1n) is 4.47. The van der Waals surface area contributed by atoms with E-state index in [9.17, 15) is 0 Å². The van der Waals surface area contributed by atoms with Gasteiger partial charge in [0.05, 0.1) is 5.84 Å². The molecule has 1 N–H and O–H groups in total. The molecule has 0 fully saturated rings. The summed E-state index contributed by atoms with van der Waals surface area (Å²) < 4.78 is 5.42. The van der Waals surface area contributed by atoms with Crippen molar-refractivity contribution in [3.8, 4) is 0 Å². The number of hydrogen-bond donors (Lipinski definition) is 1. The van der Waals surface area contributed by atoms with Crippen LogP contribution in [0.1, 0.15) is 27.7 Å². The standard InChI is InChI=1S/C9H19N3O/c1-6-11-8(3)13-9(4)12-7(2)10-5/h9H,6H2,1-5H3,(H,10,12). The lowest BCUT2D eigenvalue weighted by Gasteiger charge is -2.16. The summed E-state index contributed by atoms with van der Waals surface area (Å²) in [5.41, 5.74) is 0. The van der Waals surface area contributed by atoms with Gasteiger partial charge in [0, 0.05) is 20.5 Å². The van der Waals surface area contributed by atoms with Crippen molar-refractivity contribution in [1.82, 2.24) is 5.32 Å². The van der Waals surface area contributed by atoms with E-state index >= 15 is 0 Å². The lowest BCUT2D eigenvalue weighted by molar-refractivity contribution is 0.191. The van der Waals surface area contributed by atoms with Crippen molar-refractivity contribution in [2.75, 3.05) is 13.6 Å². The third-order valence-electron chi connectivity index (χ3n) is 1.48. The van der Waals surface area contributed by atoms with E-state index in [-0.39, 0.29) is 6.23 Å². The second-order valence-corrected chi connectivity index (χ2v) is 2.71. The Morgan fingerprint density at radius 3 is 2.54 bits per heavy atom. The molecule has 0 radical (unpaired) electrons. The van der Waals surface area contributed by atoms with E-state index in [1.807, 2.05) is 27.7 Å². The van der Waals surface area contributed by atoms with Crippen LogP contribution in [0.25, 0.3) is 0 Å². The van der Waals surface area contributed by atoms with Crippen molar-refractivity contribution in [3.05, 3.63) is 0 Å². The van der Waals surface area contributed by atoms with Crippen LogP contribution < -0.4 is 5.32 Å². The first kappa shape index (κ1) is 11.9. The molecule has 0 aliphatic rings. The van der Waals surface area contributed by atoms with Crippen molar-refractivity contribution < 1.29 is 4.74 Å². The Morgan fingerprint density at radius 2 is 2.08 bits per heavy atom. The van der Waals surface area contributed by atoms with Gasteiger partial charge in [-0.2, -0.15) is 0 Å². The maximum Gasteiger partial charge on any atom is 0.182 e. The molecular weight excluding hydrogens is 166 g/mol. The SMILES string of the molecule is CCN=C(C)OC(C)NC(C)=NC. The number of amidine groups is 1. The summed E-state index contributed by atoms with van der Waals surface area (Å²) in [6.07, 6.45) is -0.0843. The molecule has 76 valence electrons. The smallest absolute Gasteiger partial charge is 0.182 e. The van der Waals surface area contributed by atoms with Crippen LogP contribution in [-0.2, 0) is 4.74 Å². The molecule has 0 aromatic rings. The Hall–Kier alpha value is -1.06. The number of nitrogens with zero attached hydrogens (tertiary/aromatic N) is 2. The molecule has 0 amide bonds. The highest BCUT2D eigenvalue weighted by atomic mass is 16.5. The van der Waals surface area contributed by atoms with Gasteiger partial charge in [0.2, 0.25) is 0 Å². The van der Waals surface area contributed by atoms with E-state index in [0.29, 0.717) is 5.90 Å². The normalized spacial score (nSPS) is 15.5. The molecule has 0 aliphatic carbocycles. The maximum absolute atomic E-state index is 5.42. The van der Waals surface area contributed by atoms with E-state index < -0.39 is 0 Å². The van der Waals surface area contributed by atoms with Crippen molar-refractivity contribution in [2.24, 2.45) is 9.98 Å². The van der Waals surface area contributed by atoms with Crippen LogP contribution in [0.4, 0.5) is 0 Å². The molecule has 4 heteroatoms. The fraction of sp³-hybridized carbons (Fsp3) is 0.778. The van der Waals surface area contributed by atoms with Crippen LogP contribution in [0.3, 0.4) is 0 Å². The van der Waals surface area contributed by atoms with Crippen LogP contribution in [-0.4, -0.2) is 31.6 Å². The van der Waals surface area contributed by atoms with Gasteiger partial charge in [-0.05, 0) is 20.8 Å². The average Bonchev–Trinajstić information content (AvgIpc) is 2.04. The molecule has 0 aromatic carbocycles. The van der Waals surface area contributed by atoms with Gasteiger partial charge in [-0.1, -0.05) is 0 Å². The van der Waals surface area contributed by atoms with Gasteiger partial charge < -0.3 is 10.1 Å². The Morgan fingerprint density at radius 1 is 1.46 bits per heavy atom. The Balaban J connectivity index is 3.87. The topological polar surface area (TPSA) is 46.0 Å². The molecule has 0 bridgehead atoms. The molecule has 0 spiro atoms. The monoisotopic (exact) mass is 185 g/mol. The summed E-state index contributed by atoms with van der Waals surface area (Å²) in [7, 11) is 1.74. The summed E-state index contributed by atoms with van der Waals surface area (Å²) in [6, 6.07) is 0. The zero-order valence-electron chi connectivity index (χ0n) is 9.09. The average molecular weight is 185 g/mol. The van der Waals surface area contributed by atoms with E-state index in [0.717, 1.165) is 12.4 Å². The Labute approximate surface area is 80.1 Å². The summed E-state index contributed by atoms with van der Waals surface area (Å²) in [5, 5.41) is 3.07. The Bertz CT molecular complexity index is 199. The molecule has 1 atom stereocenters. The van der Waals surface area contributed by atoms with Crippen molar-refractivity contribution >= 4 is 11.7 Å².